The van der Waals surface area contributed by atoms with Crippen LogP contribution in [-0.2, 0) is 11.3 Å². The number of carbonyl (C=O) groups is 1. The minimum absolute atomic E-state index is 0.0342. The molecule has 1 rings (SSSR count). The predicted molar refractivity (Wildman–Crippen MR) is 55.7 cm³/mol. The van der Waals surface area contributed by atoms with Crippen LogP contribution in [0.15, 0.2) is 22.9 Å². The molecular formula is C10H13NOS. The molecule has 0 spiro atoms. The molecule has 0 aliphatic carbocycles. The van der Waals surface area contributed by atoms with Crippen molar-refractivity contribution in [1.29, 1.82) is 0 Å². The second-order valence-electron chi connectivity index (χ2n) is 2.80. The average Bonchev–Trinajstić information content (AvgIpc) is 2.48. The first-order valence-corrected chi connectivity index (χ1v) is 5.10. The third-order valence-corrected chi connectivity index (χ3v) is 2.64. The summed E-state index contributed by atoms with van der Waals surface area (Å²) in [6.45, 7) is 4.50. The zero-order valence-corrected chi connectivity index (χ0v) is 8.65. The van der Waals surface area contributed by atoms with Gasteiger partial charge in [-0.05, 0) is 41.8 Å². The molecule has 0 fully saturated rings. The van der Waals surface area contributed by atoms with Crippen LogP contribution in [0.2, 0.25) is 0 Å². The monoisotopic (exact) mass is 195 g/mol. The molecule has 2 nitrogen and oxygen atoms in total. The lowest BCUT2D eigenvalue weighted by molar-refractivity contribution is -0.116. The predicted octanol–water partition coefficient (Wildman–Crippen LogP) is 2.25. The summed E-state index contributed by atoms with van der Waals surface area (Å²) in [6.07, 6.45) is 3.26. The van der Waals surface area contributed by atoms with Gasteiger partial charge in [-0.15, -0.1) is 0 Å². The van der Waals surface area contributed by atoms with Crippen molar-refractivity contribution in [2.45, 2.75) is 20.4 Å². The Morgan fingerprint density at radius 3 is 2.92 bits per heavy atom. The van der Waals surface area contributed by atoms with Crippen LogP contribution in [0.5, 0.6) is 0 Å². The van der Waals surface area contributed by atoms with E-state index in [1.165, 1.54) is 17.2 Å². The van der Waals surface area contributed by atoms with Gasteiger partial charge in [0.05, 0.1) is 0 Å². The molecule has 0 unspecified atom stereocenters. The second kappa shape index (κ2) is 4.82. The number of aryl methyl sites for hydroxylation is 1. The van der Waals surface area contributed by atoms with Crippen LogP contribution in [-0.4, -0.2) is 5.91 Å². The van der Waals surface area contributed by atoms with Gasteiger partial charge < -0.3 is 5.32 Å². The maximum Gasteiger partial charge on any atom is 0.243 e. The van der Waals surface area contributed by atoms with Crippen molar-refractivity contribution >= 4 is 17.2 Å². The van der Waals surface area contributed by atoms with Crippen molar-refractivity contribution in [3.8, 4) is 0 Å². The van der Waals surface area contributed by atoms with Crippen LogP contribution in [0.3, 0.4) is 0 Å². The highest BCUT2D eigenvalue weighted by molar-refractivity contribution is 7.08. The van der Waals surface area contributed by atoms with Crippen molar-refractivity contribution in [3.05, 3.63) is 34.0 Å². The molecular weight excluding hydrogens is 182 g/mol. The summed E-state index contributed by atoms with van der Waals surface area (Å²) >= 11 is 1.66. The second-order valence-corrected chi connectivity index (χ2v) is 3.54. The van der Waals surface area contributed by atoms with Gasteiger partial charge in [0.25, 0.3) is 0 Å². The first-order valence-electron chi connectivity index (χ1n) is 4.16. The van der Waals surface area contributed by atoms with Gasteiger partial charge in [0.2, 0.25) is 5.91 Å². The van der Waals surface area contributed by atoms with Crippen molar-refractivity contribution in [2.24, 2.45) is 0 Å². The van der Waals surface area contributed by atoms with E-state index in [1.54, 1.807) is 17.4 Å². The summed E-state index contributed by atoms with van der Waals surface area (Å²) in [6, 6.07) is 0. The standard InChI is InChI=1S/C10H13NOS/c1-3-4-10(12)11-5-9-7-13-6-8(9)2/h3-4,6-7H,5H2,1-2H3,(H,11,12)/b4-3+. The Hall–Kier alpha value is -1.09. The summed E-state index contributed by atoms with van der Waals surface area (Å²) in [5.41, 5.74) is 2.44. The molecule has 1 aromatic heterocycles. The number of amides is 1. The molecule has 3 heteroatoms. The van der Waals surface area contributed by atoms with Crippen LogP contribution in [0.4, 0.5) is 0 Å². The number of nitrogens with one attached hydrogen (secondary N) is 1. The van der Waals surface area contributed by atoms with Crippen LogP contribution >= 0.6 is 11.3 Å². The molecule has 0 bridgehead atoms. The third kappa shape index (κ3) is 3.03. The topological polar surface area (TPSA) is 29.1 Å². The Bertz CT molecular complexity index is 314. The normalized spacial score (nSPS) is 10.6. The molecule has 0 atom stereocenters. The maximum absolute atomic E-state index is 11.1. The molecule has 0 aromatic carbocycles. The quantitative estimate of drug-likeness (QED) is 0.736. The van der Waals surface area contributed by atoms with Gasteiger partial charge in [-0.1, -0.05) is 6.08 Å². The van der Waals surface area contributed by atoms with Gasteiger partial charge in [-0.25, -0.2) is 0 Å². The SMILES string of the molecule is C/C=C/C(=O)NCc1cscc1C. The minimum atomic E-state index is -0.0342. The van der Waals surface area contributed by atoms with Crippen molar-refractivity contribution in [1.82, 2.24) is 5.32 Å². The summed E-state index contributed by atoms with van der Waals surface area (Å²) in [5.74, 6) is -0.0342. The Morgan fingerprint density at radius 1 is 1.62 bits per heavy atom. The van der Waals surface area contributed by atoms with E-state index in [1.807, 2.05) is 13.8 Å². The van der Waals surface area contributed by atoms with E-state index in [0.29, 0.717) is 6.54 Å². The number of hydrogen-bond donors (Lipinski definition) is 1. The van der Waals surface area contributed by atoms with Gasteiger partial charge in [-0.3, -0.25) is 4.79 Å². The molecule has 1 aromatic rings. The zero-order chi connectivity index (χ0) is 9.68. The lowest BCUT2D eigenvalue weighted by Gasteiger charge is -2.00. The van der Waals surface area contributed by atoms with Crippen molar-refractivity contribution in [3.63, 3.8) is 0 Å². The van der Waals surface area contributed by atoms with E-state index in [9.17, 15) is 4.79 Å². The molecule has 0 aliphatic rings. The Labute approximate surface area is 82.3 Å². The van der Waals surface area contributed by atoms with Crippen LogP contribution < -0.4 is 5.32 Å². The summed E-state index contributed by atoms with van der Waals surface area (Å²) < 4.78 is 0. The molecule has 1 N–H and O–H groups in total. The number of rotatable bonds is 3. The van der Waals surface area contributed by atoms with Crippen LogP contribution in [0.1, 0.15) is 18.1 Å². The third-order valence-electron chi connectivity index (χ3n) is 1.73. The molecule has 0 saturated heterocycles. The van der Waals surface area contributed by atoms with Crippen molar-refractivity contribution < 1.29 is 4.79 Å². The first kappa shape index (κ1) is 9.99. The lowest BCUT2D eigenvalue weighted by Crippen LogP contribution is -2.20. The molecule has 0 saturated carbocycles. The fourth-order valence-corrected chi connectivity index (χ4v) is 1.82. The minimum Gasteiger partial charge on any atom is -0.348 e. The molecule has 1 amide bonds. The summed E-state index contributed by atoms with van der Waals surface area (Å²) in [4.78, 5) is 11.1. The summed E-state index contributed by atoms with van der Waals surface area (Å²) in [7, 11) is 0. The van der Waals surface area contributed by atoms with E-state index < -0.39 is 0 Å². The highest BCUT2D eigenvalue weighted by Gasteiger charge is 1.99. The fraction of sp³-hybridized carbons (Fsp3) is 0.300. The molecule has 1 heterocycles. The van der Waals surface area contributed by atoms with Gasteiger partial charge in [0, 0.05) is 6.54 Å². The van der Waals surface area contributed by atoms with E-state index in [4.69, 9.17) is 0 Å². The van der Waals surface area contributed by atoms with Crippen LogP contribution in [0.25, 0.3) is 0 Å². The molecule has 70 valence electrons. The Balaban J connectivity index is 2.44. The number of thiophene rings is 1. The van der Waals surface area contributed by atoms with Crippen LogP contribution in [0, 0.1) is 6.92 Å². The largest absolute Gasteiger partial charge is 0.348 e. The fourth-order valence-electron chi connectivity index (χ4n) is 0.961. The van der Waals surface area contributed by atoms with Gasteiger partial charge >= 0.3 is 0 Å². The van der Waals surface area contributed by atoms with Gasteiger partial charge in [0.1, 0.15) is 0 Å². The van der Waals surface area contributed by atoms with E-state index in [0.717, 1.165) is 0 Å². The smallest absolute Gasteiger partial charge is 0.243 e. The highest BCUT2D eigenvalue weighted by Crippen LogP contribution is 2.12. The number of carbonyl (C=O) groups excluding carboxylic acids is 1. The number of hydrogen-bond acceptors (Lipinski definition) is 2. The van der Waals surface area contributed by atoms with Gasteiger partial charge in [-0.2, -0.15) is 11.3 Å². The molecule has 13 heavy (non-hydrogen) atoms. The van der Waals surface area contributed by atoms with E-state index >= 15 is 0 Å². The van der Waals surface area contributed by atoms with E-state index in [-0.39, 0.29) is 5.91 Å². The van der Waals surface area contributed by atoms with Crippen molar-refractivity contribution in [2.75, 3.05) is 0 Å². The van der Waals surface area contributed by atoms with Gasteiger partial charge in [0.15, 0.2) is 0 Å². The zero-order valence-electron chi connectivity index (χ0n) is 7.83. The first-order chi connectivity index (χ1) is 6.24. The Kier molecular flexibility index (Phi) is 3.71. The highest BCUT2D eigenvalue weighted by atomic mass is 32.1. The Morgan fingerprint density at radius 2 is 2.38 bits per heavy atom. The average molecular weight is 195 g/mol. The maximum atomic E-state index is 11.1. The van der Waals surface area contributed by atoms with E-state index in [2.05, 4.69) is 16.1 Å². The molecule has 0 radical (unpaired) electrons. The number of allylic oxidation sites excluding steroid dienone is 1. The summed E-state index contributed by atoms with van der Waals surface area (Å²) in [5, 5.41) is 6.95. The molecule has 0 aliphatic heterocycles. The lowest BCUT2D eigenvalue weighted by atomic mass is 10.2.